The molecule has 0 aromatic heterocycles. The quantitative estimate of drug-likeness (QED) is 0.184. The number of ether oxygens (including phenoxy) is 4. The molecule has 0 radical (unpaired) electrons. The molecule has 3 heterocycles. The second-order valence-corrected chi connectivity index (χ2v) is 7.91. The van der Waals surface area contributed by atoms with Crippen LogP contribution < -0.4 is 5.32 Å². The van der Waals surface area contributed by atoms with Crippen LogP contribution in [-0.2, 0) is 18.9 Å². The molecule has 0 saturated carbocycles. The summed E-state index contributed by atoms with van der Waals surface area (Å²) in [5, 5.41) is 83.1. The topological polar surface area (TPSA) is 211 Å². The maximum atomic E-state index is 10.6. The Morgan fingerprint density at radius 3 is 2.13 bits per heavy atom. The van der Waals surface area contributed by atoms with E-state index in [0.29, 0.717) is 0 Å². The normalized spacial score (nSPS) is 50.8. The lowest BCUT2D eigenvalue weighted by Crippen LogP contribution is -2.67. The van der Waals surface area contributed by atoms with E-state index in [9.17, 15) is 40.9 Å². The Kier molecular flexibility index (Phi) is 8.23. The smallest absolute Gasteiger partial charge is 0.187 e. The van der Waals surface area contributed by atoms with Gasteiger partial charge in [-0.3, -0.25) is 5.32 Å². The summed E-state index contributed by atoms with van der Waals surface area (Å²) in [6, 6.07) is -0.669. The second-order valence-electron chi connectivity index (χ2n) is 7.91. The molecule has 13 atom stereocenters. The van der Waals surface area contributed by atoms with E-state index in [0.717, 1.165) is 0 Å². The number of hydrogen-bond acceptors (Lipinski definition) is 13. The Balaban J connectivity index is 1.69. The Bertz CT molecular complexity index is 606. The van der Waals surface area contributed by atoms with Crippen LogP contribution in [0.25, 0.3) is 0 Å². The Morgan fingerprint density at radius 1 is 0.806 bits per heavy atom. The first-order chi connectivity index (χ1) is 14.7. The lowest BCUT2D eigenvalue weighted by Gasteiger charge is -2.47. The van der Waals surface area contributed by atoms with Gasteiger partial charge in [0, 0.05) is 0 Å². The SMILES string of the molecule is C[C@@H]1OC=C[C@H](N[C@@H]2O[C@H](CO)[C@@H](O[C@@H]3O[C@H](CO)C(O)[C@@H](O)[C@H]3O)[C@@H](O)[C@H]2O)[C@@H]1O. The van der Waals surface area contributed by atoms with Gasteiger partial charge in [0.25, 0.3) is 0 Å². The zero-order chi connectivity index (χ0) is 22.9. The summed E-state index contributed by atoms with van der Waals surface area (Å²) in [6.07, 6.45) is -13.4. The highest BCUT2D eigenvalue weighted by Gasteiger charge is 2.50. The fourth-order valence-electron chi connectivity index (χ4n) is 3.81. The molecule has 31 heavy (non-hydrogen) atoms. The van der Waals surface area contributed by atoms with Gasteiger partial charge in [0.05, 0.1) is 25.5 Å². The van der Waals surface area contributed by atoms with Gasteiger partial charge in [0.2, 0.25) is 0 Å². The van der Waals surface area contributed by atoms with Crippen molar-refractivity contribution in [2.75, 3.05) is 13.2 Å². The van der Waals surface area contributed by atoms with Gasteiger partial charge in [0.15, 0.2) is 6.29 Å². The molecule has 0 aliphatic carbocycles. The molecule has 13 heteroatoms. The maximum Gasteiger partial charge on any atom is 0.187 e. The standard InChI is InChI=1S/C18H31NO12/c1-6-10(22)7(2-3-28-6)19-17-14(26)13(25)16(9(5-21)29-17)31-18-15(27)12(24)11(23)8(4-20)30-18/h2-3,6-27H,4-5H2,1H3/t6-,7-,8+,9+,10+,11?,12+,13-,14+,15+,16+,17+,18-/m0/s1. The fraction of sp³-hybridized carbons (Fsp3) is 0.889. The van der Waals surface area contributed by atoms with Crippen LogP contribution in [0.1, 0.15) is 6.92 Å². The summed E-state index contributed by atoms with van der Waals surface area (Å²) in [5.41, 5.74) is 0. The van der Waals surface area contributed by atoms with Crippen molar-refractivity contribution in [1.29, 1.82) is 0 Å². The fourth-order valence-corrected chi connectivity index (χ4v) is 3.81. The van der Waals surface area contributed by atoms with Crippen molar-refractivity contribution < 1.29 is 59.8 Å². The molecular weight excluding hydrogens is 422 g/mol. The van der Waals surface area contributed by atoms with Crippen molar-refractivity contribution in [2.24, 2.45) is 0 Å². The van der Waals surface area contributed by atoms with E-state index < -0.39 is 92.8 Å². The van der Waals surface area contributed by atoms with Crippen molar-refractivity contribution in [3.8, 4) is 0 Å². The van der Waals surface area contributed by atoms with Gasteiger partial charge in [-0.15, -0.1) is 0 Å². The van der Waals surface area contributed by atoms with Crippen molar-refractivity contribution >= 4 is 0 Å². The predicted molar refractivity (Wildman–Crippen MR) is 99.0 cm³/mol. The molecule has 0 bridgehead atoms. The summed E-state index contributed by atoms with van der Waals surface area (Å²) < 4.78 is 21.5. The van der Waals surface area contributed by atoms with Gasteiger partial charge in [-0.25, -0.2) is 0 Å². The van der Waals surface area contributed by atoms with Gasteiger partial charge in [-0.1, -0.05) is 0 Å². The minimum absolute atomic E-state index is 0.524. The molecule has 1 unspecified atom stereocenters. The molecule has 2 saturated heterocycles. The summed E-state index contributed by atoms with van der Waals surface area (Å²) in [4.78, 5) is 0. The van der Waals surface area contributed by atoms with E-state index in [2.05, 4.69) is 5.32 Å². The summed E-state index contributed by atoms with van der Waals surface area (Å²) in [7, 11) is 0. The van der Waals surface area contributed by atoms with Gasteiger partial charge in [-0.05, 0) is 13.0 Å². The zero-order valence-corrected chi connectivity index (χ0v) is 16.8. The second kappa shape index (κ2) is 10.3. The maximum absolute atomic E-state index is 10.6. The van der Waals surface area contributed by atoms with E-state index in [-0.39, 0.29) is 0 Å². The van der Waals surface area contributed by atoms with Crippen molar-refractivity contribution in [2.45, 2.75) is 86.5 Å². The van der Waals surface area contributed by atoms with Crippen molar-refractivity contribution in [1.82, 2.24) is 5.32 Å². The Morgan fingerprint density at radius 2 is 1.48 bits per heavy atom. The number of hydrogen-bond donors (Lipinski definition) is 9. The van der Waals surface area contributed by atoms with Crippen LogP contribution in [0.3, 0.4) is 0 Å². The van der Waals surface area contributed by atoms with Crippen LogP contribution in [0.4, 0.5) is 0 Å². The Labute approximate surface area is 178 Å². The van der Waals surface area contributed by atoms with Crippen LogP contribution in [0.5, 0.6) is 0 Å². The third kappa shape index (κ3) is 5.03. The van der Waals surface area contributed by atoms with E-state index >= 15 is 0 Å². The number of nitrogens with one attached hydrogen (secondary N) is 1. The van der Waals surface area contributed by atoms with E-state index in [4.69, 9.17) is 18.9 Å². The largest absolute Gasteiger partial charge is 0.496 e. The minimum Gasteiger partial charge on any atom is -0.496 e. The molecule has 0 spiro atoms. The van der Waals surface area contributed by atoms with Crippen LogP contribution in [0, 0.1) is 0 Å². The molecule has 180 valence electrons. The summed E-state index contributed by atoms with van der Waals surface area (Å²) in [5.74, 6) is 0. The molecule has 0 aromatic rings. The van der Waals surface area contributed by atoms with Crippen molar-refractivity contribution in [3.63, 3.8) is 0 Å². The highest BCUT2D eigenvalue weighted by atomic mass is 16.7. The molecule has 2 fully saturated rings. The van der Waals surface area contributed by atoms with E-state index in [1.807, 2.05) is 0 Å². The first-order valence-electron chi connectivity index (χ1n) is 10.0. The van der Waals surface area contributed by atoms with Crippen LogP contribution in [0.15, 0.2) is 12.3 Å². The third-order valence-electron chi connectivity index (χ3n) is 5.79. The highest BCUT2D eigenvalue weighted by Crippen LogP contribution is 2.29. The number of aliphatic hydroxyl groups is 8. The van der Waals surface area contributed by atoms with Gasteiger partial charge in [0.1, 0.15) is 67.3 Å². The Hall–Kier alpha value is -0.940. The average molecular weight is 453 g/mol. The lowest BCUT2D eigenvalue weighted by atomic mass is 9.95. The monoisotopic (exact) mass is 453 g/mol. The summed E-state index contributed by atoms with van der Waals surface area (Å²) >= 11 is 0. The summed E-state index contributed by atoms with van der Waals surface area (Å²) in [6.45, 7) is 0.329. The number of rotatable bonds is 6. The molecule has 3 aliphatic heterocycles. The molecule has 3 rings (SSSR count). The molecule has 0 aromatic carbocycles. The van der Waals surface area contributed by atoms with E-state index in [1.165, 1.54) is 12.3 Å². The van der Waals surface area contributed by atoms with Gasteiger partial charge in [-0.2, -0.15) is 0 Å². The molecule has 3 aliphatic rings. The molecule has 0 amide bonds. The van der Waals surface area contributed by atoms with E-state index in [1.54, 1.807) is 6.92 Å². The molecule has 9 N–H and O–H groups in total. The van der Waals surface area contributed by atoms with Gasteiger partial charge >= 0.3 is 0 Å². The highest BCUT2D eigenvalue weighted by molar-refractivity contribution is 5.03. The first-order valence-corrected chi connectivity index (χ1v) is 10.0. The van der Waals surface area contributed by atoms with Crippen LogP contribution >= 0.6 is 0 Å². The lowest BCUT2D eigenvalue weighted by molar-refractivity contribution is -0.343. The third-order valence-corrected chi connectivity index (χ3v) is 5.79. The molecule has 13 nitrogen and oxygen atoms in total. The van der Waals surface area contributed by atoms with Crippen LogP contribution in [0.2, 0.25) is 0 Å². The zero-order valence-electron chi connectivity index (χ0n) is 16.8. The predicted octanol–water partition coefficient (Wildman–Crippen LogP) is -5.14. The minimum atomic E-state index is -1.73. The molecular formula is C18H31NO12. The number of aliphatic hydroxyl groups excluding tert-OH is 8. The van der Waals surface area contributed by atoms with Crippen LogP contribution in [-0.4, -0.2) is 134 Å². The first kappa shape index (κ1) is 24.7. The van der Waals surface area contributed by atoms with Crippen molar-refractivity contribution in [3.05, 3.63) is 12.3 Å². The average Bonchev–Trinajstić information content (AvgIpc) is 2.76. The van der Waals surface area contributed by atoms with Gasteiger partial charge < -0.3 is 59.8 Å².